The second kappa shape index (κ2) is 8.16. The average Bonchev–Trinajstić information content (AvgIpc) is 2.96. The summed E-state index contributed by atoms with van der Waals surface area (Å²) in [5, 5.41) is 6.84. The van der Waals surface area contributed by atoms with E-state index in [0.717, 1.165) is 29.9 Å². The second-order valence-corrected chi connectivity index (χ2v) is 6.34. The van der Waals surface area contributed by atoms with Crippen molar-refractivity contribution in [3.05, 3.63) is 46.8 Å². The van der Waals surface area contributed by atoms with Crippen LogP contribution in [-0.4, -0.2) is 23.1 Å². The summed E-state index contributed by atoms with van der Waals surface area (Å²) in [5.41, 5.74) is 8.04. The summed E-state index contributed by atoms with van der Waals surface area (Å²) in [6.07, 6.45) is 1.60. The van der Waals surface area contributed by atoms with E-state index in [9.17, 15) is 4.79 Å². The fourth-order valence-corrected chi connectivity index (χ4v) is 2.49. The van der Waals surface area contributed by atoms with Crippen molar-refractivity contribution >= 4 is 5.91 Å². The molecule has 0 saturated heterocycles. The number of nitrogens with zero attached hydrogens (tertiary/aromatic N) is 1. The van der Waals surface area contributed by atoms with Crippen molar-refractivity contribution in [2.45, 2.75) is 52.7 Å². The van der Waals surface area contributed by atoms with Gasteiger partial charge in [-0.05, 0) is 38.8 Å². The highest BCUT2D eigenvalue weighted by Gasteiger charge is 2.22. The first-order valence-electron chi connectivity index (χ1n) is 8.61. The first-order chi connectivity index (χ1) is 11.9. The van der Waals surface area contributed by atoms with Crippen LogP contribution >= 0.6 is 0 Å². The molecule has 6 heteroatoms. The third-order valence-electron chi connectivity index (χ3n) is 4.69. The van der Waals surface area contributed by atoms with Gasteiger partial charge in [-0.3, -0.25) is 4.79 Å². The van der Waals surface area contributed by atoms with Crippen molar-refractivity contribution in [3.8, 4) is 5.75 Å². The molecule has 1 heterocycles. The third kappa shape index (κ3) is 4.60. The molecule has 0 aliphatic carbocycles. The molecule has 1 aromatic carbocycles. The van der Waals surface area contributed by atoms with Crippen molar-refractivity contribution in [2.75, 3.05) is 6.54 Å². The van der Waals surface area contributed by atoms with Crippen LogP contribution in [0.1, 0.15) is 54.1 Å². The maximum atomic E-state index is 12.6. The van der Waals surface area contributed by atoms with Gasteiger partial charge in [0.1, 0.15) is 18.1 Å². The quantitative estimate of drug-likeness (QED) is 0.767. The van der Waals surface area contributed by atoms with Gasteiger partial charge >= 0.3 is 0 Å². The van der Waals surface area contributed by atoms with Gasteiger partial charge in [0, 0.05) is 12.1 Å². The molecule has 0 atom stereocenters. The van der Waals surface area contributed by atoms with Crippen molar-refractivity contribution in [2.24, 2.45) is 5.73 Å². The van der Waals surface area contributed by atoms with Gasteiger partial charge < -0.3 is 20.3 Å². The Hall–Kier alpha value is -2.34. The number of benzene rings is 1. The number of aryl methyl sites for hydroxylation is 2. The molecule has 0 fully saturated rings. The zero-order valence-corrected chi connectivity index (χ0v) is 15.4. The molecule has 6 nitrogen and oxygen atoms in total. The number of para-hydroxylation sites is 1. The molecule has 136 valence electrons. The Morgan fingerprint density at radius 2 is 1.96 bits per heavy atom. The van der Waals surface area contributed by atoms with Crippen molar-refractivity contribution < 1.29 is 14.1 Å². The zero-order valence-electron chi connectivity index (χ0n) is 15.4. The van der Waals surface area contributed by atoms with Crippen LogP contribution in [0.4, 0.5) is 0 Å². The first kappa shape index (κ1) is 19.0. The van der Waals surface area contributed by atoms with E-state index in [-0.39, 0.29) is 11.4 Å². The number of ether oxygens (including phenoxy) is 1. The van der Waals surface area contributed by atoms with Gasteiger partial charge in [0.2, 0.25) is 0 Å². The lowest BCUT2D eigenvalue weighted by Crippen LogP contribution is -2.49. The highest BCUT2D eigenvalue weighted by atomic mass is 16.5. The molecule has 0 spiro atoms. The Morgan fingerprint density at radius 3 is 2.56 bits per heavy atom. The van der Waals surface area contributed by atoms with Crippen LogP contribution in [0.5, 0.6) is 5.75 Å². The molecule has 2 rings (SSSR count). The van der Waals surface area contributed by atoms with E-state index >= 15 is 0 Å². The molecule has 1 aromatic heterocycles. The number of carbonyl (C=O) groups excluding carboxylic acids is 1. The van der Waals surface area contributed by atoms with Gasteiger partial charge in [0.25, 0.3) is 5.91 Å². The molecule has 0 saturated carbocycles. The van der Waals surface area contributed by atoms with Crippen LogP contribution in [0, 0.1) is 13.8 Å². The molecule has 0 aliphatic rings. The highest BCUT2D eigenvalue weighted by Crippen LogP contribution is 2.21. The Bertz CT molecular complexity index is 701. The summed E-state index contributed by atoms with van der Waals surface area (Å²) in [5.74, 6) is 1.06. The van der Waals surface area contributed by atoms with Crippen LogP contribution in [0.25, 0.3) is 0 Å². The number of nitrogens with one attached hydrogen (secondary N) is 1. The van der Waals surface area contributed by atoms with E-state index in [1.807, 2.05) is 39.8 Å². The monoisotopic (exact) mass is 345 g/mol. The predicted octanol–water partition coefficient (Wildman–Crippen LogP) is 3.12. The zero-order chi connectivity index (χ0) is 18.4. The van der Waals surface area contributed by atoms with Crippen LogP contribution in [0.2, 0.25) is 0 Å². The molecule has 0 aliphatic heterocycles. The van der Waals surface area contributed by atoms with Crippen molar-refractivity contribution in [1.29, 1.82) is 0 Å². The number of carbonyl (C=O) groups is 1. The van der Waals surface area contributed by atoms with E-state index in [2.05, 4.69) is 10.5 Å². The smallest absolute Gasteiger partial charge is 0.255 e. The Morgan fingerprint density at radius 1 is 1.28 bits per heavy atom. The topological polar surface area (TPSA) is 90.4 Å². The minimum Gasteiger partial charge on any atom is -0.488 e. The standard InChI is InChI=1S/C19H27N3O3/c1-5-19(20,6-2)12-21-18(23)15-9-7-8-10-17(15)24-11-16-13(3)22-25-14(16)4/h7-10H,5-6,11-12,20H2,1-4H3,(H,21,23). The van der Waals surface area contributed by atoms with Crippen molar-refractivity contribution in [1.82, 2.24) is 10.5 Å². The summed E-state index contributed by atoms with van der Waals surface area (Å²) in [6, 6.07) is 7.17. The lowest BCUT2D eigenvalue weighted by atomic mass is 9.94. The predicted molar refractivity (Wildman–Crippen MR) is 96.6 cm³/mol. The molecule has 25 heavy (non-hydrogen) atoms. The molecular weight excluding hydrogens is 318 g/mol. The van der Waals surface area contributed by atoms with E-state index in [0.29, 0.717) is 24.5 Å². The van der Waals surface area contributed by atoms with E-state index in [1.54, 1.807) is 12.1 Å². The number of aromatic nitrogens is 1. The normalized spacial score (nSPS) is 11.4. The van der Waals surface area contributed by atoms with Gasteiger partial charge in [-0.1, -0.05) is 31.1 Å². The van der Waals surface area contributed by atoms with Gasteiger partial charge in [-0.2, -0.15) is 0 Å². The molecular formula is C19H27N3O3. The summed E-state index contributed by atoms with van der Waals surface area (Å²) in [6.45, 7) is 8.48. The maximum Gasteiger partial charge on any atom is 0.255 e. The number of nitrogens with two attached hydrogens (primary N) is 1. The Balaban J connectivity index is 2.08. The number of amides is 1. The van der Waals surface area contributed by atoms with Crippen LogP contribution in [0.3, 0.4) is 0 Å². The molecule has 3 N–H and O–H groups in total. The van der Waals surface area contributed by atoms with E-state index in [4.69, 9.17) is 15.0 Å². The highest BCUT2D eigenvalue weighted by molar-refractivity contribution is 5.96. The van der Waals surface area contributed by atoms with E-state index in [1.165, 1.54) is 0 Å². The fourth-order valence-electron chi connectivity index (χ4n) is 2.49. The Labute approximate surface area is 148 Å². The first-order valence-corrected chi connectivity index (χ1v) is 8.61. The fraction of sp³-hybridized carbons (Fsp3) is 0.474. The molecule has 0 unspecified atom stereocenters. The average molecular weight is 345 g/mol. The van der Waals surface area contributed by atoms with Crippen LogP contribution < -0.4 is 15.8 Å². The maximum absolute atomic E-state index is 12.6. The van der Waals surface area contributed by atoms with Gasteiger partial charge in [0.05, 0.1) is 16.8 Å². The number of hydrogen-bond acceptors (Lipinski definition) is 5. The molecule has 0 radical (unpaired) electrons. The van der Waals surface area contributed by atoms with Crippen molar-refractivity contribution in [3.63, 3.8) is 0 Å². The summed E-state index contributed by atoms with van der Waals surface area (Å²) in [7, 11) is 0. The van der Waals surface area contributed by atoms with Gasteiger partial charge in [-0.25, -0.2) is 0 Å². The minimum atomic E-state index is -0.387. The summed E-state index contributed by atoms with van der Waals surface area (Å²) >= 11 is 0. The van der Waals surface area contributed by atoms with Gasteiger partial charge in [0.15, 0.2) is 0 Å². The second-order valence-electron chi connectivity index (χ2n) is 6.34. The van der Waals surface area contributed by atoms with Crippen LogP contribution in [0.15, 0.2) is 28.8 Å². The molecule has 0 bridgehead atoms. The Kier molecular flexibility index (Phi) is 6.20. The molecule has 1 amide bonds. The molecule has 2 aromatic rings. The number of rotatable bonds is 8. The van der Waals surface area contributed by atoms with Gasteiger partial charge in [-0.15, -0.1) is 0 Å². The lowest BCUT2D eigenvalue weighted by Gasteiger charge is -2.27. The van der Waals surface area contributed by atoms with E-state index < -0.39 is 0 Å². The largest absolute Gasteiger partial charge is 0.488 e. The summed E-state index contributed by atoms with van der Waals surface area (Å²) < 4.78 is 11.0. The SMILES string of the molecule is CCC(N)(CC)CNC(=O)c1ccccc1OCc1c(C)noc1C. The number of hydrogen-bond donors (Lipinski definition) is 2. The summed E-state index contributed by atoms with van der Waals surface area (Å²) in [4.78, 5) is 12.6. The lowest BCUT2D eigenvalue weighted by molar-refractivity contribution is 0.0937. The van der Waals surface area contributed by atoms with Crippen LogP contribution in [-0.2, 0) is 6.61 Å². The third-order valence-corrected chi connectivity index (χ3v) is 4.69. The minimum absolute atomic E-state index is 0.189.